The number of nitrogens with zero attached hydrogens (tertiary/aromatic N) is 3. The van der Waals surface area contributed by atoms with Gasteiger partial charge < -0.3 is 20.1 Å². The average molecular weight is 504 g/mol. The maximum Gasteiger partial charge on any atom is 0.274 e. The number of carbonyl (C=O) groups excluding carboxylic acids is 3. The molecule has 37 heavy (non-hydrogen) atoms. The third-order valence-electron chi connectivity index (χ3n) is 7.07. The fraction of sp³-hybridized carbons (Fsp3) is 0.357. The number of benzene rings is 2. The standard InChI is InChI=1S/C28H30FN5O3/c1-18-3-5-19(6-4-18)13-14-30-25(35)23-24-26(36)34(22-11-12-22)28(2,16-33(24)17-32-23)27(37)31-15-20-7-9-21(29)10-8-20/h3-10,17,22H,11-16H2,1-2H3,(H,30,35)(H,31,37)/t28-/m1/s1. The lowest BCUT2D eigenvalue weighted by molar-refractivity contribution is -0.133. The van der Waals surface area contributed by atoms with Gasteiger partial charge in [-0.25, -0.2) is 9.37 Å². The van der Waals surface area contributed by atoms with Gasteiger partial charge in [-0.05, 0) is 56.4 Å². The molecule has 5 rings (SSSR count). The zero-order chi connectivity index (χ0) is 26.2. The van der Waals surface area contributed by atoms with Crippen molar-refractivity contribution in [2.75, 3.05) is 6.54 Å². The summed E-state index contributed by atoms with van der Waals surface area (Å²) < 4.78 is 14.8. The van der Waals surface area contributed by atoms with Crippen LogP contribution in [0.15, 0.2) is 54.9 Å². The molecule has 3 aromatic rings. The fourth-order valence-electron chi connectivity index (χ4n) is 4.86. The predicted octanol–water partition coefficient (Wildman–Crippen LogP) is 3.00. The summed E-state index contributed by atoms with van der Waals surface area (Å²) in [6.07, 6.45) is 3.73. The molecule has 0 unspecified atom stereocenters. The maximum absolute atomic E-state index is 13.7. The Morgan fingerprint density at radius 1 is 1.05 bits per heavy atom. The largest absolute Gasteiger partial charge is 0.350 e. The highest BCUT2D eigenvalue weighted by molar-refractivity contribution is 6.07. The van der Waals surface area contributed by atoms with E-state index in [2.05, 4.69) is 15.6 Å². The molecule has 3 amide bonds. The lowest BCUT2D eigenvalue weighted by atomic mass is 9.93. The number of fused-ring (bicyclic) bond motifs is 1. The van der Waals surface area contributed by atoms with Crippen molar-refractivity contribution in [3.8, 4) is 0 Å². The Morgan fingerprint density at radius 2 is 1.73 bits per heavy atom. The Kier molecular flexibility index (Phi) is 6.54. The molecular weight excluding hydrogens is 473 g/mol. The van der Waals surface area contributed by atoms with Crippen LogP contribution in [0.2, 0.25) is 0 Å². The second-order valence-corrected chi connectivity index (χ2v) is 10.1. The van der Waals surface area contributed by atoms with Crippen molar-refractivity contribution < 1.29 is 18.8 Å². The summed E-state index contributed by atoms with van der Waals surface area (Å²) >= 11 is 0. The second kappa shape index (κ2) is 9.80. The van der Waals surface area contributed by atoms with Crippen molar-refractivity contribution in [3.63, 3.8) is 0 Å². The van der Waals surface area contributed by atoms with Gasteiger partial charge in [-0.15, -0.1) is 0 Å². The number of halogens is 1. The van der Waals surface area contributed by atoms with Gasteiger partial charge in [-0.3, -0.25) is 14.4 Å². The lowest BCUT2D eigenvalue weighted by Gasteiger charge is -2.44. The molecule has 2 aromatic carbocycles. The number of aryl methyl sites for hydroxylation is 1. The summed E-state index contributed by atoms with van der Waals surface area (Å²) in [5.74, 6) is -1.42. The molecule has 0 bridgehead atoms. The van der Waals surface area contributed by atoms with Gasteiger partial charge in [0.15, 0.2) is 5.69 Å². The molecule has 1 aromatic heterocycles. The molecule has 2 heterocycles. The number of hydrogen-bond donors (Lipinski definition) is 2. The van der Waals surface area contributed by atoms with E-state index in [0.29, 0.717) is 13.0 Å². The van der Waals surface area contributed by atoms with Crippen molar-refractivity contribution in [1.29, 1.82) is 0 Å². The van der Waals surface area contributed by atoms with Crippen molar-refractivity contribution in [3.05, 3.63) is 88.8 Å². The summed E-state index contributed by atoms with van der Waals surface area (Å²) in [7, 11) is 0. The topological polar surface area (TPSA) is 96.3 Å². The van der Waals surface area contributed by atoms with Crippen LogP contribution in [0.5, 0.6) is 0 Å². The summed E-state index contributed by atoms with van der Waals surface area (Å²) in [6.45, 7) is 4.58. The van der Waals surface area contributed by atoms with Crippen molar-refractivity contribution in [2.24, 2.45) is 0 Å². The van der Waals surface area contributed by atoms with Crippen LogP contribution in [0.25, 0.3) is 0 Å². The predicted molar refractivity (Wildman–Crippen MR) is 135 cm³/mol. The van der Waals surface area contributed by atoms with E-state index in [0.717, 1.165) is 24.0 Å². The molecule has 0 spiro atoms. The van der Waals surface area contributed by atoms with Crippen LogP contribution in [-0.4, -0.2) is 50.3 Å². The van der Waals surface area contributed by atoms with E-state index in [-0.39, 0.29) is 48.2 Å². The number of hydrogen-bond acceptors (Lipinski definition) is 4. The summed E-state index contributed by atoms with van der Waals surface area (Å²) in [4.78, 5) is 46.0. The van der Waals surface area contributed by atoms with Gasteiger partial charge in [0, 0.05) is 19.1 Å². The Balaban J connectivity index is 1.31. The van der Waals surface area contributed by atoms with Gasteiger partial charge in [0.25, 0.3) is 11.8 Å². The smallest absolute Gasteiger partial charge is 0.274 e. The number of rotatable bonds is 8. The maximum atomic E-state index is 13.7. The molecule has 1 aliphatic carbocycles. The van der Waals surface area contributed by atoms with Crippen LogP contribution in [0, 0.1) is 12.7 Å². The van der Waals surface area contributed by atoms with Crippen LogP contribution >= 0.6 is 0 Å². The lowest BCUT2D eigenvalue weighted by Crippen LogP contribution is -2.64. The minimum atomic E-state index is -1.15. The first kappa shape index (κ1) is 24.7. The van der Waals surface area contributed by atoms with Crippen LogP contribution in [0.3, 0.4) is 0 Å². The quantitative estimate of drug-likeness (QED) is 0.494. The first-order chi connectivity index (χ1) is 17.8. The summed E-state index contributed by atoms with van der Waals surface area (Å²) in [6, 6.07) is 14.0. The summed E-state index contributed by atoms with van der Waals surface area (Å²) in [5, 5.41) is 5.77. The number of amides is 3. The molecule has 9 heteroatoms. The fourth-order valence-corrected chi connectivity index (χ4v) is 4.86. The molecule has 0 saturated heterocycles. The Hall–Kier alpha value is -4.01. The Morgan fingerprint density at radius 3 is 2.41 bits per heavy atom. The SMILES string of the molecule is Cc1ccc(CCNC(=O)c2ncn3c2C(=O)N(C2CC2)[C@@](C)(C(=O)NCc2ccc(F)cc2)C3)cc1. The van der Waals surface area contributed by atoms with Gasteiger partial charge in [-0.1, -0.05) is 42.0 Å². The number of imidazole rings is 1. The van der Waals surface area contributed by atoms with Gasteiger partial charge in [0.1, 0.15) is 17.1 Å². The highest BCUT2D eigenvalue weighted by atomic mass is 19.1. The van der Waals surface area contributed by atoms with E-state index in [1.165, 1.54) is 24.0 Å². The van der Waals surface area contributed by atoms with Crippen LogP contribution < -0.4 is 10.6 Å². The van der Waals surface area contributed by atoms with Crippen molar-refractivity contribution in [2.45, 2.75) is 57.8 Å². The second-order valence-electron chi connectivity index (χ2n) is 10.1. The molecule has 8 nitrogen and oxygen atoms in total. The van der Waals surface area contributed by atoms with Crippen LogP contribution in [0.4, 0.5) is 4.39 Å². The average Bonchev–Trinajstić information content (AvgIpc) is 3.62. The van der Waals surface area contributed by atoms with E-state index >= 15 is 0 Å². The molecule has 1 atom stereocenters. The van der Waals surface area contributed by atoms with Gasteiger partial charge in [0.05, 0.1) is 12.9 Å². The van der Waals surface area contributed by atoms with E-state index in [1.54, 1.807) is 28.5 Å². The van der Waals surface area contributed by atoms with Gasteiger partial charge >= 0.3 is 0 Å². The van der Waals surface area contributed by atoms with Crippen molar-refractivity contribution >= 4 is 17.7 Å². The van der Waals surface area contributed by atoms with Crippen LogP contribution in [0.1, 0.15) is 57.4 Å². The molecule has 2 N–H and O–H groups in total. The minimum absolute atomic E-state index is 0.0600. The van der Waals surface area contributed by atoms with Crippen LogP contribution in [-0.2, 0) is 24.3 Å². The zero-order valence-electron chi connectivity index (χ0n) is 21.0. The third-order valence-corrected chi connectivity index (χ3v) is 7.07. The van der Waals surface area contributed by atoms with E-state index < -0.39 is 11.4 Å². The first-order valence-electron chi connectivity index (χ1n) is 12.5. The van der Waals surface area contributed by atoms with Gasteiger partial charge in [0.2, 0.25) is 5.91 Å². The number of nitrogens with one attached hydrogen (secondary N) is 2. The van der Waals surface area contributed by atoms with Crippen molar-refractivity contribution in [1.82, 2.24) is 25.1 Å². The van der Waals surface area contributed by atoms with E-state index in [9.17, 15) is 18.8 Å². The first-order valence-corrected chi connectivity index (χ1v) is 12.5. The molecule has 0 radical (unpaired) electrons. The van der Waals surface area contributed by atoms with Gasteiger partial charge in [-0.2, -0.15) is 0 Å². The zero-order valence-corrected chi connectivity index (χ0v) is 21.0. The Bertz CT molecular complexity index is 1330. The molecule has 2 aliphatic rings. The third kappa shape index (κ3) is 4.98. The molecule has 1 fully saturated rings. The molecule has 1 aliphatic heterocycles. The monoisotopic (exact) mass is 503 g/mol. The molecule has 192 valence electrons. The highest BCUT2D eigenvalue weighted by Crippen LogP contribution is 2.38. The van der Waals surface area contributed by atoms with E-state index in [1.807, 2.05) is 31.2 Å². The summed E-state index contributed by atoms with van der Waals surface area (Å²) in [5.41, 5.74) is 2.18. The number of carbonyl (C=O) groups is 3. The molecule has 1 saturated carbocycles. The van der Waals surface area contributed by atoms with E-state index in [4.69, 9.17) is 0 Å². The highest BCUT2D eigenvalue weighted by Gasteiger charge is 2.53. The molecular formula is C28H30FN5O3. The normalized spacial score (nSPS) is 18.9. The minimum Gasteiger partial charge on any atom is -0.350 e. The number of aromatic nitrogens is 2. The Labute approximate surface area is 214 Å².